The van der Waals surface area contributed by atoms with Gasteiger partial charge >= 0.3 is 0 Å². The zero-order chi connectivity index (χ0) is 13.0. The van der Waals surface area contributed by atoms with Crippen molar-refractivity contribution in [1.82, 2.24) is 5.32 Å². The quantitative estimate of drug-likeness (QED) is 0.899. The molecule has 3 heteroatoms. The van der Waals surface area contributed by atoms with Crippen LogP contribution in [0.4, 0.5) is 11.4 Å². The van der Waals surface area contributed by atoms with Gasteiger partial charge in [-0.2, -0.15) is 0 Å². The van der Waals surface area contributed by atoms with Crippen LogP contribution in [0.15, 0.2) is 48.5 Å². The fourth-order valence-corrected chi connectivity index (χ4v) is 2.12. The van der Waals surface area contributed by atoms with Crippen molar-refractivity contribution in [3.63, 3.8) is 0 Å². The molecule has 0 saturated heterocycles. The van der Waals surface area contributed by atoms with E-state index in [2.05, 4.69) is 34.5 Å². The van der Waals surface area contributed by atoms with Gasteiger partial charge in [0.2, 0.25) is 0 Å². The van der Waals surface area contributed by atoms with Crippen LogP contribution in [-0.4, -0.2) is 14.1 Å². The smallest absolute Gasteiger partial charge is 0.0471 e. The molecular formula is C15H17ClN2. The lowest BCUT2D eigenvalue weighted by Crippen LogP contribution is -2.10. The Morgan fingerprint density at radius 1 is 1.06 bits per heavy atom. The third-order valence-electron chi connectivity index (χ3n) is 2.93. The van der Waals surface area contributed by atoms with Crippen LogP contribution in [0, 0.1) is 0 Å². The van der Waals surface area contributed by atoms with Gasteiger partial charge in [0.25, 0.3) is 0 Å². The molecule has 2 aromatic carbocycles. The summed E-state index contributed by atoms with van der Waals surface area (Å²) in [6.45, 7) is 0.786. The number of hydrogen-bond donors (Lipinski definition) is 1. The molecule has 18 heavy (non-hydrogen) atoms. The topological polar surface area (TPSA) is 15.3 Å². The van der Waals surface area contributed by atoms with E-state index in [1.54, 1.807) is 0 Å². The van der Waals surface area contributed by atoms with Gasteiger partial charge in [0.1, 0.15) is 0 Å². The molecule has 2 nitrogen and oxygen atoms in total. The predicted molar refractivity (Wildman–Crippen MR) is 78.7 cm³/mol. The molecule has 0 fully saturated rings. The summed E-state index contributed by atoms with van der Waals surface area (Å²) in [4.78, 5) is 2.12. The van der Waals surface area contributed by atoms with Gasteiger partial charge in [0.15, 0.2) is 0 Å². The van der Waals surface area contributed by atoms with Gasteiger partial charge in [-0.1, -0.05) is 35.9 Å². The zero-order valence-corrected chi connectivity index (χ0v) is 11.4. The van der Waals surface area contributed by atoms with Crippen molar-refractivity contribution >= 4 is 23.0 Å². The highest BCUT2D eigenvalue weighted by Crippen LogP contribution is 2.27. The molecule has 0 spiro atoms. The minimum atomic E-state index is 0.786. The Hall–Kier alpha value is -1.51. The van der Waals surface area contributed by atoms with E-state index in [0.717, 1.165) is 28.5 Å². The number of nitrogens with zero attached hydrogens (tertiary/aromatic N) is 1. The van der Waals surface area contributed by atoms with Crippen LogP contribution in [0.25, 0.3) is 0 Å². The summed E-state index contributed by atoms with van der Waals surface area (Å²) in [5.41, 5.74) is 3.35. The fraction of sp³-hybridized carbons (Fsp3) is 0.200. The molecule has 0 bridgehead atoms. The molecular weight excluding hydrogens is 244 g/mol. The van der Waals surface area contributed by atoms with Crippen molar-refractivity contribution < 1.29 is 0 Å². The van der Waals surface area contributed by atoms with Gasteiger partial charge in [0, 0.05) is 30.0 Å². The van der Waals surface area contributed by atoms with Crippen LogP contribution in [0.2, 0.25) is 5.02 Å². The molecule has 0 aliphatic rings. The molecule has 0 aromatic heterocycles. The van der Waals surface area contributed by atoms with Crippen LogP contribution in [-0.2, 0) is 6.54 Å². The SMILES string of the molecule is CNCc1ccc(N(C)c2ccccc2)cc1Cl. The maximum atomic E-state index is 6.27. The first-order valence-corrected chi connectivity index (χ1v) is 6.32. The minimum absolute atomic E-state index is 0.786. The van der Waals surface area contributed by atoms with E-state index in [4.69, 9.17) is 11.6 Å². The van der Waals surface area contributed by atoms with E-state index >= 15 is 0 Å². The van der Waals surface area contributed by atoms with Crippen LogP contribution in [0.3, 0.4) is 0 Å². The van der Waals surface area contributed by atoms with Gasteiger partial charge in [-0.25, -0.2) is 0 Å². The van der Waals surface area contributed by atoms with Crippen molar-refractivity contribution in [2.24, 2.45) is 0 Å². The fourth-order valence-electron chi connectivity index (χ4n) is 1.88. The number of hydrogen-bond acceptors (Lipinski definition) is 2. The average Bonchev–Trinajstić information content (AvgIpc) is 2.41. The molecule has 0 atom stereocenters. The van der Waals surface area contributed by atoms with Gasteiger partial charge in [0.05, 0.1) is 0 Å². The highest BCUT2D eigenvalue weighted by Gasteiger charge is 2.06. The van der Waals surface area contributed by atoms with Crippen LogP contribution in [0.5, 0.6) is 0 Å². The molecule has 0 amide bonds. The largest absolute Gasteiger partial charge is 0.345 e. The molecule has 0 radical (unpaired) electrons. The first kappa shape index (κ1) is 12.9. The summed E-state index contributed by atoms with van der Waals surface area (Å²) in [7, 11) is 3.96. The summed E-state index contributed by atoms with van der Waals surface area (Å²) < 4.78 is 0. The molecule has 0 unspecified atom stereocenters. The summed E-state index contributed by atoms with van der Waals surface area (Å²) in [5, 5.41) is 3.90. The van der Waals surface area contributed by atoms with Gasteiger partial charge < -0.3 is 10.2 Å². The van der Waals surface area contributed by atoms with Gasteiger partial charge in [-0.3, -0.25) is 0 Å². The van der Waals surface area contributed by atoms with E-state index in [1.807, 2.05) is 38.4 Å². The molecule has 0 saturated carbocycles. The maximum Gasteiger partial charge on any atom is 0.0471 e. The third kappa shape index (κ3) is 2.84. The normalized spacial score (nSPS) is 10.4. The standard InChI is InChI=1S/C15H17ClN2/c1-17-11-12-8-9-14(10-15(12)16)18(2)13-6-4-3-5-7-13/h3-10,17H,11H2,1-2H3. The monoisotopic (exact) mass is 260 g/mol. The van der Waals surface area contributed by atoms with Gasteiger partial charge in [-0.15, -0.1) is 0 Å². The lowest BCUT2D eigenvalue weighted by molar-refractivity contribution is 0.818. The van der Waals surface area contributed by atoms with Crippen LogP contribution in [0.1, 0.15) is 5.56 Å². The third-order valence-corrected chi connectivity index (χ3v) is 3.29. The van der Waals surface area contributed by atoms with Crippen LogP contribution >= 0.6 is 11.6 Å². The average molecular weight is 261 g/mol. The minimum Gasteiger partial charge on any atom is -0.345 e. The Morgan fingerprint density at radius 2 is 1.78 bits per heavy atom. The van der Waals surface area contributed by atoms with E-state index in [9.17, 15) is 0 Å². The zero-order valence-electron chi connectivity index (χ0n) is 10.7. The van der Waals surface area contributed by atoms with E-state index in [-0.39, 0.29) is 0 Å². The number of nitrogens with one attached hydrogen (secondary N) is 1. The second kappa shape index (κ2) is 5.89. The second-order valence-corrected chi connectivity index (χ2v) is 4.61. The second-order valence-electron chi connectivity index (χ2n) is 4.20. The molecule has 0 aliphatic carbocycles. The Balaban J connectivity index is 2.26. The molecule has 94 valence electrons. The summed E-state index contributed by atoms with van der Waals surface area (Å²) >= 11 is 6.27. The lowest BCUT2D eigenvalue weighted by atomic mass is 10.2. The summed E-state index contributed by atoms with van der Waals surface area (Å²) in [5.74, 6) is 0. The Morgan fingerprint density at radius 3 is 2.39 bits per heavy atom. The lowest BCUT2D eigenvalue weighted by Gasteiger charge is -2.20. The predicted octanol–water partition coefficient (Wildman–Crippen LogP) is 3.83. The molecule has 0 heterocycles. The Kier molecular flexibility index (Phi) is 4.24. The van der Waals surface area contributed by atoms with E-state index in [0.29, 0.717) is 0 Å². The van der Waals surface area contributed by atoms with Crippen molar-refractivity contribution in [1.29, 1.82) is 0 Å². The Labute approximate surface area is 113 Å². The number of para-hydroxylation sites is 1. The molecule has 1 N–H and O–H groups in total. The molecule has 0 aliphatic heterocycles. The van der Waals surface area contributed by atoms with Crippen molar-refractivity contribution in [2.45, 2.75) is 6.54 Å². The maximum absolute atomic E-state index is 6.27. The number of anilines is 2. The number of rotatable bonds is 4. The summed E-state index contributed by atoms with van der Waals surface area (Å²) in [6.07, 6.45) is 0. The number of halogens is 1. The summed E-state index contributed by atoms with van der Waals surface area (Å²) in [6, 6.07) is 16.4. The first-order chi connectivity index (χ1) is 8.72. The highest BCUT2D eigenvalue weighted by atomic mass is 35.5. The Bertz CT molecular complexity index is 511. The van der Waals surface area contributed by atoms with E-state index < -0.39 is 0 Å². The van der Waals surface area contributed by atoms with Crippen molar-refractivity contribution in [2.75, 3.05) is 19.0 Å². The van der Waals surface area contributed by atoms with Gasteiger partial charge in [-0.05, 0) is 36.9 Å². The first-order valence-electron chi connectivity index (χ1n) is 5.94. The van der Waals surface area contributed by atoms with Crippen molar-refractivity contribution in [3.8, 4) is 0 Å². The molecule has 2 aromatic rings. The molecule has 2 rings (SSSR count). The van der Waals surface area contributed by atoms with Crippen LogP contribution < -0.4 is 10.2 Å². The van der Waals surface area contributed by atoms with Crippen molar-refractivity contribution in [3.05, 3.63) is 59.1 Å². The highest BCUT2D eigenvalue weighted by molar-refractivity contribution is 6.31. The van der Waals surface area contributed by atoms with E-state index in [1.165, 1.54) is 0 Å². The number of benzene rings is 2.